The monoisotopic (exact) mass is 329 g/mol. The molecule has 3 N–H and O–H groups in total. The molecule has 0 aliphatic carbocycles. The van der Waals surface area contributed by atoms with Gasteiger partial charge in [0.15, 0.2) is 0 Å². The smallest absolute Gasteiger partial charge is 0.304 e. The molecular formula is C13H16BrNO4. The van der Waals surface area contributed by atoms with Gasteiger partial charge in [-0.15, -0.1) is 0 Å². The van der Waals surface area contributed by atoms with Gasteiger partial charge in [0, 0.05) is 16.1 Å². The molecule has 1 aromatic carbocycles. The molecule has 0 radical (unpaired) electrons. The van der Waals surface area contributed by atoms with Crippen LogP contribution >= 0.6 is 15.9 Å². The molecule has 1 aliphatic heterocycles. The van der Waals surface area contributed by atoms with Crippen LogP contribution in [0, 0.1) is 0 Å². The molecule has 2 rings (SSSR count). The van der Waals surface area contributed by atoms with Crippen LogP contribution in [0.5, 0.6) is 5.75 Å². The Bertz CT molecular complexity index is 488. The Labute approximate surface area is 119 Å². The predicted octanol–water partition coefficient (Wildman–Crippen LogP) is 1.53. The first-order chi connectivity index (χ1) is 8.99. The number of aliphatic carboxylic acids is 1. The summed E-state index contributed by atoms with van der Waals surface area (Å²) in [4.78, 5) is 10.9. The van der Waals surface area contributed by atoms with Crippen LogP contribution < -0.4 is 10.5 Å². The molecule has 0 spiro atoms. The van der Waals surface area contributed by atoms with Crippen molar-refractivity contribution in [3.63, 3.8) is 0 Å². The molecular weight excluding hydrogens is 314 g/mol. The minimum atomic E-state index is -0.910. The lowest BCUT2D eigenvalue weighted by molar-refractivity contribution is -0.140. The van der Waals surface area contributed by atoms with Gasteiger partial charge in [-0.05, 0) is 18.2 Å². The number of carboxylic acids is 1. The fourth-order valence-corrected chi connectivity index (χ4v) is 2.71. The lowest BCUT2D eigenvalue weighted by Crippen LogP contribution is -2.59. The number of rotatable bonds is 5. The van der Waals surface area contributed by atoms with Crippen LogP contribution in [-0.2, 0) is 14.9 Å². The highest BCUT2D eigenvalue weighted by Gasteiger charge is 2.48. The van der Waals surface area contributed by atoms with E-state index in [1.165, 1.54) is 0 Å². The zero-order valence-corrected chi connectivity index (χ0v) is 12.1. The number of benzene rings is 1. The van der Waals surface area contributed by atoms with Gasteiger partial charge in [-0.2, -0.15) is 0 Å². The number of carbonyl (C=O) groups is 1. The van der Waals surface area contributed by atoms with Crippen LogP contribution in [-0.4, -0.2) is 37.4 Å². The minimum absolute atomic E-state index is 0.0982. The summed E-state index contributed by atoms with van der Waals surface area (Å²) in [5.41, 5.74) is 6.49. The molecule has 19 heavy (non-hydrogen) atoms. The zero-order chi connectivity index (χ0) is 14.0. The molecule has 1 heterocycles. The van der Waals surface area contributed by atoms with E-state index in [9.17, 15) is 4.79 Å². The van der Waals surface area contributed by atoms with Crippen molar-refractivity contribution in [2.45, 2.75) is 17.9 Å². The number of nitrogens with two attached hydrogens (primary N) is 1. The Kier molecular flexibility index (Phi) is 4.13. The molecule has 1 aromatic rings. The van der Waals surface area contributed by atoms with E-state index in [2.05, 4.69) is 15.9 Å². The topological polar surface area (TPSA) is 81.8 Å². The van der Waals surface area contributed by atoms with Gasteiger partial charge in [0.2, 0.25) is 0 Å². The zero-order valence-electron chi connectivity index (χ0n) is 10.6. The standard InChI is InChI=1S/C13H16BrNO4/c1-18-10-3-2-8(14)4-9(10)13(6-19-7-13)11(15)5-12(16)17/h2-4,11H,5-7,15H2,1H3,(H,16,17). The molecule has 5 nitrogen and oxygen atoms in total. The summed E-state index contributed by atoms with van der Waals surface area (Å²) in [6, 6.07) is 5.12. The molecule has 0 amide bonds. The number of hydrogen-bond donors (Lipinski definition) is 2. The molecule has 0 aromatic heterocycles. The fourth-order valence-electron chi connectivity index (χ4n) is 2.34. The highest BCUT2D eigenvalue weighted by Crippen LogP contribution is 2.42. The van der Waals surface area contributed by atoms with E-state index in [4.69, 9.17) is 20.3 Å². The lowest BCUT2D eigenvalue weighted by Gasteiger charge is -2.46. The quantitative estimate of drug-likeness (QED) is 0.856. The van der Waals surface area contributed by atoms with E-state index in [-0.39, 0.29) is 6.42 Å². The summed E-state index contributed by atoms with van der Waals surface area (Å²) in [5.74, 6) is -0.208. The van der Waals surface area contributed by atoms with E-state index in [0.717, 1.165) is 10.0 Å². The third-order valence-electron chi connectivity index (χ3n) is 3.52. The van der Waals surface area contributed by atoms with Crippen molar-refractivity contribution in [1.29, 1.82) is 0 Å². The number of methoxy groups -OCH3 is 1. The van der Waals surface area contributed by atoms with Gasteiger partial charge in [-0.1, -0.05) is 15.9 Å². The SMILES string of the molecule is COc1ccc(Br)cc1C1(C(N)CC(=O)O)COC1. The molecule has 1 atom stereocenters. The van der Waals surface area contributed by atoms with Crippen LogP contribution in [0.2, 0.25) is 0 Å². The van der Waals surface area contributed by atoms with Crippen LogP contribution in [0.4, 0.5) is 0 Å². The molecule has 1 aliphatic rings. The first kappa shape index (κ1) is 14.3. The number of ether oxygens (including phenoxy) is 2. The molecule has 104 valence electrons. The van der Waals surface area contributed by atoms with E-state index in [1.54, 1.807) is 7.11 Å². The fraction of sp³-hybridized carbons (Fsp3) is 0.462. The Morgan fingerprint density at radius 2 is 2.32 bits per heavy atom. The maximum absolute atomic E-state index is 10.9. The van der Waals surface area contributed by atoms with Gasteiger partial charge >= 0.3 is 5.97 Å². The maximum Gasteiger partial charge on any atom is 0.304 e. The second-order valence-corrected chi connectivity index (χ2v) is 5.61. The van der Waals surface area contributed by atoms with Gasteiger partial charge < -0.3 is 20.3 Å². The Morgan fingerprint density at radius 3 is 2.79 bits per heavy atom. The average Bonchev–Trinajstić information content (AvgIpc) is 2.26. The number of carboxylic acid groups (broad SMARTS) is 1. The number of hydrogen-bond acceptors (Lipinski definition) is 4. The van der Waals surface area contributed by atoms with Crippen molar-refractivity contribution in [3.8, 4) is 5.75 Å². The van der Waals surface area contributed by atoms with E-state index >= 15 is 0 Å². The average molecular weight is 330 g/mol. The normalized spacial score (nSPS) is 18.5. The summed E-state index contributed by atoms with van der Waals surface area (Å²) in [7, 11) is 1.59. The van der Waals surface area contributed by atoms with Crippen molar-refractivity contribution < 1.29 is 19.4 Å². The van der Waals surface area contributed by atoms with Crippen LogP contribution in [0.15, 0.2) is 22.7 Å². The predicted molar refractivity (Wildman–Crippen MR) is 73.4 cm³/mol. The third-order valence-corrected chi connectivity index (χ3v) is 4.01. The molecule has 1 fully saturated rings. The summed E-state index contributed by atoms with van der Waals surface area (Å²) in [6.45, 7) is 0.822. The summed E-state index contributed by atoms with van der Waals surface area (Å²) >= 11 is 3.42. The number of halogens is 1. The molecule has 1 saturated heterocycles. The first-order valence-corrected chi connectivity index (χ1v) is 6.68. The van der Waals surface area contributed by atoms with Gasteiger partial charge in [0.25, 0.3) is 0 Å². The van der Waals surface area contributed by atoms with Gasteiger partial charge in [0.05, 0.1) is 32.2 Å². The van der Waals surface area contributed by atoms with E-state index in [0.29, 0.717) is 19.0 Å². The first-order valence-electron chi connectivity index (χ1n) is 5.89. The summed E-state index contributed by atoms with van der Waals surface area (Å²) in [6.07, 6.45) is -0.0982. The minimum Gasteiger partial charge on any atom is -0.496 e. The molecule has 0 bridgehead atoms. The molecule has 1 unspecified atom stereocenters. The van der Waals surface area contributed by atoms with Crippen molar-refractivity contribution >= 4 is 21.9 Å². The van der Waals surface area contributed by atoms with E-state index < -0.39 is 17.4 Å². The molecule has 6 heteroatoms. The maximum atomic E-state index is 10.9. The van der Waals surface area contributed by atoms with Crippen molar-refractivity contribution in [2.24, 2.45) is 5.73 Å². The van der Waals surface area contributed by atoms with Crippen molar-refractivity contribution in [3.05, 3.63) is 28.2 Å². The lowest BCUT2D eigenvalue weighted by atomic mass is 9.71. The van der Waals surface area contributed by atoms with Crippen LogP contribution in [0.25, 0.3) is 0 Å². The van der Waals surface area contributed by atoms with Crippen molar-refractivity contribution in [2.75, 3.05) is 20.3 Å². The second kappa shape index (κ2) is 5.48. The van der Waals surface area contributed by atoms with Gasteiger partial charge in [-0.3, -0.25) is 4.79 Å². The largest absolute Gasteiger partial charge is 0.496 e. The second-order valence-electron chi connectivity index (χ2n) is 4.70. The van der Waals surface area contributed by atoms with Gasteiger partial charge in [0.1, 0.15) is 5.75 Å². The summed E-state index contributed by atoms with van der Waals surface area (Å²) < 4.78 is 11.5. The Hall–Kier alpha value is -1.11. The summed E-state index contributed by atoms with van der Waals surface area (Å²) in [5, 5.41) is 8.93. The Morgan fingerprint density at radius 1 is 1.63 bits per heavy atom. The Balaban J connectivity index is 2.40. The van der Waals surface area contributed by atoms with Crippen molar-refractivity contribution in [1.82, 2.24) is 0 Å². The third kappa shape index (κ3) is 2.61. The van der Waals surface area contributed by atoms with Crippen LogP contribution in [0.1, 0.15) is 12.0 Å². The highest BCUT2D eigenvalue weighted by atomic mass is 79.9. The highest BCUT2D eigenvalue weighted by molar-refractivity contribution is 9.10. The van der Waals surface area contributed by atoms with Gasteiger partial charge in [-0.25, -0.2) is 0 Å². The van der Waals surface area contributed by atoms with E-state index in [1.807, 2.05) is 18.2 Å². The molecule has 0 saturated carbocycles. The van der Waals surface area contributed by atoms with Crippen LogP contribution in [0.3, 0.4) is 0 Å².